The van der Waals surface area contributed by atoms with Crippen molar-refractivity contribution in [2.24, 2.45) is 0 Å². The Bertz CT molecular complexity index is 613. The van der Waals surface area contributed by atoms with Crippen LogP contribution in [0.5, 0.6) is 0 Å². The molecule has 1 aromatic rings. The van der Waals surface area contributed by atoms with Gasteiger partial charge in [0.15, 0.2) is 5.13 Å². The van der Waals surface area contributed by atoms with E-state index >= 15 is 0 Å². The van der Waals surface area contributed by atoms with Crippen LogP contribution in [-0.4, -0.2) is 41.1 Å². The number of carbonyl (C=O) groups is 2. The Balaban J connectivity index is 1.47. The fourth-order valence-corrected chi connectivity index (χ4v) is 3.66. The summed E-state index contributed by atoms with van der Waals surface area (Å²) in [6, 6.07) is 0. The van der Waals surface area contributed by atoms with Gasteiger partial charge in [-0.2, -0.15) is 0 Å². The summed E-state index contributed by atoms with van der Waals surface area (Å²) in [6.07, 6.45) is 0.209. The molecule has 9 heteroatoms. The van der Waals surface area contributed by atoms with Crippen molar-refractivity contribution in [1.29, 1.82) is 0 Å². The molecule has 2 aliphatic rings. The average molecular weight is 326 g/mol. The fraction of sp³-hybridized carbons (Fsp3) is 0.417. The molecule has 7 nitrogen and oxygen atoms in total. The number of ether oxygens (including phenoxy) is 1. The predicted octanol–water partition coefficient (Wildman–Crippen LogP) is -0.143. The molecule has 0 saturated carbocycles. The highest BCUT2D eigenvalue weighted by Crippen LogP contribution is 2.26. The molecule has 0 bridgehead atoms. The molecule has 1 unspecified atom stereocenters. The first-order valence-electron chi connectivity index (χ1n) is 6.35. The number of rotatable bonds is 4. The molecule has 3 heterocycles. The second-order valence-corrected chi connectivity index (χ2v) is 6.74. The molecule has 21 heavy (non-hydrogen) atoms. The van der Waals surface area contributed by atoms with E-state index in [9.17, 15) is 9.59 Å². The standard InChI is InChI=1S/C12H14N4O3S2/c13-12-15-7(5-21-12)1-8(17)14-2-9-16-10-6(4-20-9)3-19-11(10)18/h5,9,16H,1-4H2,(H2,13,15)(H,14,17). The topological polar surface area (TPSA) is 106 Å². The zero-order valence-electron chi connectivity index (χ0n) is 11.0. The van der Waals surface area contributed by atoms with Crippen LogP contribution in [0.3, 0.4) is 0 Å². The number of anilines is 1. The van der Waals surface area contributed by atoms with E-state index < -0.39 is 0 Å². The first-order chi connectivity index (χ1) is 10.1. The second-order valence-electron chi connectivity index (χ2n) is 4.66. The molecular formula is C12H14N4O3S2. The van der Waals surface area contributed by atoms with Crippen molar-refractivity contribution in [1.82, 2.24) is 15.6 Å². The summed E-state index contributed by atoms with van der Waals surface area (Å²) in [5.41, 5.74) is 7.74. The predicted molar refractivity (Wildman–Crippen MR) is 80.6 cm³/mol. The number of nitrogens with one attached hydrogen (secondary N) is 2. The molecule has 112 valence electrons. The first-order valence-corrected chi connectivity index (χ1v) is 8.28. The highest BCUT2D eigenvalue weighted by atomic mass is 32.2. The van der Waals surface area contributed by atoms with Gasteiger partial charge in [-0.05, 0) is 0 Å². The summed E-state index contributed by atoms with van der Waals surface area (Å²) in [5.74, 6) is 0.327. The highest BCUT2D eigenvalue weighted by molar-refractivity contribution is 8.00. The van der Waals surface area contributed by atoms with Crippen molar-refractivity contribution in [3.8, 4) is 0 Å². The molecule has 0 aromatic carbocycles. The van der Waals surface area contributed by atoms with Crippen LogP contribution in [0.15, 0.2) is 16.7 Å². The lowest BCUT2D eigenvalue weighted by Gasteiger charge is -2.24. The van der Waals surface area contributed by atoms with E-state index in [1.807, 2.05) is 0 Å². The van der Waals surface area contributed by atoms with Gasteiger partial charge < -0.3 is 21.1 Å². The van der Waals surface area contributed by atoms with Gasteiger partial charge in [0.2, 0.25) is 5.91 Å². The molecule has 4 N–H and O–H groups in total. The lowest BCUT2D eigenvalue weighted by Crippen LogP contribution is -2.42. The molecule has 2 aliphatic heterocycles. The maximum atomic E-state index is 11.8. The largest absolute Gasteiger partial charge is 0.456 e. The number of aromatic nitrogens is 1. The Hall–Kier alpha value is -1.74. The Morgan fingerprint density at radius 1 is 1.62 bits per heavy atom. The van der Waals surface area contributed by atoms with Crippen molar-refractivity contribution in [2.45, 2.75) is 11.8 Å². The summed E-state index contributed by atoms with van der Waals surface area (Å²) >= 11 is 2.96. The van der Waals surface area contributed by atoms with Crippen molar-refractivity contribution >= 4 is 40.1 Å². The van der Waals surface area contributed by atoms with Gasteiger partial charge in [0, 0.05) is 23.3 Å². The van der Waals surface area contributed by atoms with Gasteiger partial charge in [0.05, 0.1) is 17.5 Å². The molecule has 1 atom stereocenters. The minimum absolute atomic E-state index is 0.0288. The summed E-state index contributed by atoms with van der Waals surface area (Å²) < 4.78 is 4.96. The number of nitrogens with zero attached hydrogens (tertiary/aromatic N) is 1. The molecule has 1 aromatic heterocycles. The third-order valence-electron chi connectivity index (χ3n) is 3.10. The summed E-state index contributed by atoms with van der Waals surface area (Å²) in [4.78, 5) is 27.4. The van der Waals surface area contributed by atoms with Gasteiger partial charge in [-0.1, -0.05) is 0 Å². The van der Waals surface area contributed by atoms with E-state index in [4.69, 9.17) is 10.5 Å². The number of thioether (sulfide) groups is 1. The van der Waals surface area contributed by atoms with E-state index in [-0.39, 0.29) is 23.7 Å². The van der Waals surface area contributed by atoms with Crippen LogP contribution >= 0.6 is 23.1 Å². The normalized spacial score (nSPS) is 20.8. The Kier molecular flexibility index (Phi) is 4.02. The Morgan fingerprint density at radius 2 is 2.48 bits per heavy atom. The number of esters is 1. The number of hydrogen-bond acceptors (Lipinski definition) is 8. The molecular weight excluding hydrogens is 312 g/mol. The van der Waals surface area contributed by atoms with Crippen LogP contribution in [0.2, 0.25) is 0 Å². The van der Waals surface area contributed by atoms with E-state index in [0.29, 0.717) is 29.7 Å². The van der Waals surface area contributed by atoms with Crippen LogP contribution in [0.1, 0.15) is 5.69 Å². The van der Waals surface area contributed by atoms with Crippen LogP contribution < -0.4 is 16.4 Å². The number of nitrogen functional groups attached to an aromatic ring is 1. The van der Waals surface area contributed by atoms with Crippen molar-refractivity contribution in [3.63, 3.8) is 0 Å². The number of thiazole rings is 1. The molecule has 0 aliphatic carbocycles. The van der Waals surface area contributed by atoms with E-state index in [1.54, 1.807) is 17.1 Å². The van der Waals surface area contributed by atoms with Gasteiger partial charge in [-0.3, -0.25) is 4.79 Å². The van der Waals surface area contributed by atoms with Crippen molar-refractivity contribution < 1.29 is 14.3 Å². The maximum Gasteiger partial charge on any atom is 0.354 e. The minimum atomic E-state index is -0.306. The molecule has 1 amide bonds. The first kappa shape index (κ1) is 14.2. The molecule has 3 rings (SSSR count). The van der Waals surface area contributed by atoms with Crippen LogP contribution in [0, 0.1) is 0 Å². The monoisotopic (exact) mass is 326 g/mol. The Labute approximate surface area is 129 Å². The summed E-state index contributed by atoms with van der Waals surface area (Å²) in [5, 5.41) is 8.14. The number of amides is 1. The van der Waals surface area contributed by atoms with Crippen molar-refractivity contribution in [3.05, 3.63) is 22.3 Å². The summed E-state index contributed by atoms with van der Waals surface area (Å²) in [6.45, 7) is 0.811. The Morgan fingerprint density at radius 3 is 3.24 bits per heavy atom. The average Bonchev–Trinajstić information content (AvgIpc) is 3.03. The van der Waals surface area contributed by atoms with Crippen LogP contribution in [-0.2, 0) is 20.7 Å². The third-order valence-corrected chi connectivity index (χ3v) is 5.02. The van der Waals surface area contributed by atoms with Gasteiger partial charge in [-0.25, -0.2) is 9.78 Å². The quantitative estimate of drug-likeness (QED) is 0.661. The van der Waals surface area contributed by atoms with Gasteiger partial charge in [0.25, 0.3) is 0 Å². The second kappa shape index (κ2) is 5.94. The molecule has 0 radical (unpaired) electrons. The van der Waals surface area contributed by atoms with Crippen LogP contribution in [0.4, 0.5) is 5.13 Å². The maximum absolute atomic E-state index is 11.8. The van der Waals surface area contributed by atoms with E-state index in [2.05, 4.69) is 15.6 Å². The van der Waals surface area contributed by atoms with Gasteiger partial charge in [0.1, 0.15) is 12.3 Å². The van der Waals surface area contributed by atoms with E-state index in [0.717, 1.165) is 11.3 Å². The lowest BCUT2D eigenvalue weighted by molar-refractivity contribution is -0.136. The van der Waals surface area contributed by atoms with E-state index in [1.165, 1.54) is 11.3 Å². The smallest absolute Gasteiger partial charge is 0.354 e. The number of nitrogens with two attached hydrogens (primary N) is 1. The molecule has 0 spiro atoms. The zero-order valence-corrected chi connectivity index (χ0v) is 12.7. The molecule has 0 fully saturated rings. The van der Waals surface area contributed by atoms with Crippen LogP contribution in [0.25, 0.3) is 0 Å². The SMILES string of the molecule is Nc1nc(CC(=O)NCC2NC3=C(COC3=O)CS2)cs1. The number of carbonyl (C=O) groups excluding carboxylic acids is 2. The zero-order chi connectivity index (χ0) is 14.8. The molecule has 0 saturated heterocycles. The number of hydrogen-bond donors (Lipinski definition) is 3. The minimum Gasteiger partial charge on any atom is -0.456 e. The number of cyclic esters (lactones) is 1. The lowest BCUT2D eigenvalue weighted by atomic mass is 10.2. The summed E-state index contributed by atoms with van der Waals surface area (Å²) in [7, 11) is 0. The third kappa shape index (κ3) is 3.30. The van der Waals surface area contributed by atoms with Gasteiger partial charge >= 0.3 is 5.97 Å². The van der Waals surface area contributed by atoms with Crippen molar-refractivity contribution in [2.75, 3.05) is 24.6 Å². The fourth-order valence-electron chi connectivity index (χ4n) is 2.07. The highest BCUT2D eigenvalue weighted by Gasteiger charge is 2.31. The van der Waals surface area contributed by atoms with Gasteiger partial charge in [-0.15, -0.1) is 23.1 Å².